The number of aromatic amines is 1. The number of carbonyl (C=O) groups excluding carboxylic acids is 1. The molecule has 0 spiro atoms. The van der Waals surface area contributed by atoms with Gasteiger partial charge in [-0.15, -0.1) is 4.99 Å². The third-order valence-corrected chi connectivity index (χ3v) is 2.09. The number of nitrogens with one attached hydrogen (secondary N) is 1. The van der Waals surface area contributed by atoms with Crippen molar-refractivity contribution in [3.63, 3.8) is 0 Å². The summed E-state index contributed by atoms with van der Waals surface area (Å²) >= 11 is 5.91. The highest BCUT2D eigenvalue weighted by Crippen LogP contribution is 2.26. The summed E-state index contributed by atoms with van der Waals surface area (Å²) < 4.78 is 0. The molecular weight excluding hydrogens is 188 g/mol. The SMILES string of the molecule is O=C=Nc1cc2c(Cl)cccc2[nH]1. The Bertz CT molecular complexity index is 497. The van der Waals surface area contributed by atoms with Gasteiger partial charge in [-0.2, -0.15) is 0 Å². The van der Waals surface area contributed by atoms with E-state index in [4.69, 9.17) is 11.6 Å². The molecule has 0 saturated heterocycles. The fraction of sp³-hybridized carbons (Fsp3) is 0. The van der Waals surface area contributed by atoms with E-state index < -0.39 is 0 Å². The number of benzene rings is 1. The van der Waals surface area contributed by atoms with Gasteiger partial charge in [0.2, 0.25) is 6.08 Å². The van der Waals surface area contributed by atoms with E-state index in [-0.39, 0.29) is 0 Å². The maximum atomic E-state index is 9.99. The van der Waals surface area contributed by atoms with Crippen LogP contribution < -0.4 is 0 Å². The zero-order valence-corrected chi connectivity index (χ0v) is 7.30. The number of fused-ring (bicyclic) bond motifs is 1. The van der Waals surface area contributed by atoms with Crippen molar-refractivity contribution < 1.29 is 4.79 Å². The number of aliphatic imine (C=N–C) groups is 1. The second-order valence-corrected chi connectivity index (χ2v) is 2.97. The highest BCUT2D eigenvalue weighted by molar-refractivity contribution is 6.35. The third kappa shape index (κ3) is 1.35. The minimum atomic E-state index is 0.470. The van der Waals surface area contributed by atoms with Crippen LogP contribution in [-0.2, 0) is 4.79 Å². The Hall–Kier alpha value is -1.57. The van der Waals surface area contributed by atoms with Crippen LogP contribution in [0.1, 0.15) is 0 Å². The topological polar surface area (TPSA) is 45.2 Å². The molecule has 4 heteroatoms. The van der Waals surface area contributed by atoms with Gasteiger partial charge in [-0.3, -0.25) is 0 Å². The van der Waals surface area contributed by atoms with E-state index >= 15 is 0 Å². The molecule has 1 aromatic heterocycles. The van der Waals surface area contributed by atoms with Gasteiger partial charge in [0, 0.05) is 10.9 Å². The first-order chi connectivity index (χ1) is 6.31. The summed E-state index contributed by atoms with van der Waals surface area (Å²) in [5.41, 5.74) is 0.863. The van der Waals surface area contributed by atoms with Crippen molar-refractivity contribution in [3.8, 4) is 0 Å². The Kier molecular flexibility index (Phi) is 1.89. The number of halogens is 1. The summed E-state index contributed by atoms with van der Waals surface area (Å²) in [4.78, 5) is 16.4. The number of isocyanates is 1. The first-order valence-corrected chi connectivity index (χ1v) is 4.04. The molecule has 0 bridgehead atoms. The molecule has 1 heterocycles. The van der Waals surface area contributed by atoms with Gasteiger partial charge < -0.3 is 4.98 Å². The molecule has 0 radical (unpaired) electrons. The molecule has 2 aromatic rings. The molecule has 0 amide bonds. The van der Waals surface area contributed by atoms with Crippen molar-refractivity contribution in [2.75, 3.05) is 0 Å². The number of rotatable bonds is 1. The number of hydrogen-bond acceptors (Lipinski definition) is 2. The Labute approximate surface area is 79.0 Å². The zero-order valence-electron chi connectivity index (χ0n) is 6.54. The maximum Gasteiger partial charge on any atom is 0.242 e. The average Bonchev–Trinajstić information content (AvgIpc) is 2.49. The lowest BCUT2D eigenvalue weighted by atomic mass is 10.2. The minimum Gasteiger partial charge on any atom is -0.339 e. The van der Waals surface area contributed by atoms with E-state index in [2.05, 4.69) is 9.98 Å². The number of nitrogens with zero attached hydrogens (tertiary/aromatic N) is 1. The monoisotopic (exact) mass is 192 g/mol. The van der Waals surface area contributed by atoms with Crippen molar-refractivity contribution in [2.24, 2.45) is 4.99 Å². The first-order valence-electron chi connectivity index (χ1n) is 3.66. The maximum absolute atomic E-state index is 9.99. The second kappa shape index (κ2) is 3.05. The predicted molar refractivity (Wildman–Crippen MR) is 51.1 cm³/mol. The molecule has 0 unspecified atom stereocenters. The third-order valence-electron chi connectivity index (χ3n) is 1.76. The molecule has 1 N–H and O–H groups in total. The van der Waals surface area contributed by atoms with Crippen molar-refractivity contribution in [2.45, 2.75) is 0 Å². The first kappa shape index (κ1) is 8.05. The molecule has 0 aliphatic heterocycles. The van der Waals surface area contributed by atoms with E-state index in [0.29, 0.717) is 10.8 Å². The molecule has 0 fully saturated rings. The summed E-state index contributed by atoms with van der Waals surface area (Å²) in [6.45, 7) is 0. The molecular formula is C9H5ClN2O. The normalized spacial score (nSPS) is 9.92. The Morgan fingerprint density at radius 2 is 2.31 bits per heavy atom. The average molecular weight is 193 g/mol. The Morgan fingerprint density at radius 1 is 1.46 bits per heavy atom. The van der Waals surface area contributed by atoms with E-state index in [9.17, 15) is 4.79 Å². The summed E-state index contributed by atoms with van der Waals surface area (Å²) in [7, 11) is 0. The van der Waals surface area contributed by atoms with Crippen molar-refractivity contribution >= 4 is 34.4 Å². The van der Waals surface area contributed by atoms with Crippen molar-refractivity contribution in [1.29, 1.82) is 0 Å². The largest absolute Gasteiger partial charge is 0.339 e. The summed E-state index contributed by atoms with van der Waals surface area (Å²) in [6, 6.07) is 7.19. The van der Waals surface area contributed by atoms with Gasteiger partial charge in [0.25, 0.3) is 0 Å². The van der Waals surface area contributed by atoms with Crippen LogP contribution in [0.15, 0.2) is 29.3 Å². The Balaban J connectivity index is 2.75. The van der Waals surface area contributed by atoms with Crippen LogP contribution in [-0.4, -0.2) is 11.1 Å². The fourth-order valence-electron chi connectivity index (χ4n) is 1.21. The van der Waals surface area contributed by atoms with E-state index in [0.717, 1.165) is 10.9 Å². The van der Waals surface area contributed by atoms with Crippen LogP contribution in [0, 0.1) is 0 Å². The molecule has 1 aromatic carbocycles. The lowest BCUT2D eigenvalue weighted by Gasteiger charge is -1.89. The molecule has 0 atom stereocenters. The number of aromatic nitrogens is 1. The summed E-state index contributed by atoms with van der Waals surface area (Å²) in [5, 5.41) is 1.50. The number of H-pyrrole nitrogens is 1. The standard InChI is InChI=1S/C9H5ClN2O/c10-7-2-1-3-8-6(7)4-9(12-8)11-5-13/h1-4,12H. The van der Waals surface area contributed by atoms with Crippen molar-refractivity contribution in [1.82, 2.24) is 4.98 Å². The summed E-state index contributed by atoms with van der Waals surface area (Å²) in [6.07, 6.45) is 1.47. The predicted octanol–water partition coefficient (Wildman–Crippen LogP) is 2.79. The summed E-state index contributed by atoms with van der Waals surface area (Å²) in [5.74, 6) is 0.470. The highest BCUT2D eigenvalue weighted by Gasteiger charge is 2.01. The van der Waals surface area contributed by atoms with Gasteiger partial charge in [0.1, 0.15) is 5.82 Å². The van der Waals surface area contributed by atoms with Crippen LogP contribution in [0.4, 0.5) is 5.82 Å². The van der Waals surface area contributed by atoms with Crippen LogP contribution in [0.3, 0.4) is 0 Å². The van der Waals surface area contributed by atoms with Gasteiger partial charge in [-0.05, 0) is 18.2 Å². The zero-order chi connectivity index (χ0) is 9.26. The van der Waals surface area contributed by atoms with Gasteiger partial charge in [0.05, 0.1) is 5.02 Å². The number of hydrogen-bond donors (Lipinski definition) is 1. The quantitative estimate of drug-likeness (QED) is 0.548. The van der Waals surface area contributed by atoms with Gasteiger partial charge >= 0.3 is 0 Å². The van der Waals surface area contributed by atoms with E-state index in [1.54, 1.807) is 12.1 Å². The van der Waals surface area contributed by atoms with Gasteiger partial charge in [-0.25, -0.2) is 4.79 Å². The minimum absolute atomic E-state index is 0.470. The highest BCUT2D eigenvalue weighted by atomic mass is 35.5. The molecule has 3 nitrogen and oxygen atoms in total. The molecule has 0 aliphatic rings. The second-order valence-electron chi connectivity index (χ2n) is 2.56. The molecule has 13 heavy (non-hydrogen) atoms. The van der Waals surface area contributed by atoms with Crippen LogP contribution in [0.5, 0.6) is 0 Å². The fourth-order valence-corrected chi connectivity index (χ4v) is 1.44. The van der Waals surface area contributed by atoms with E-state index in [1.807, 2.05) is 12.1 Å². The van der Waals surface area contributed by atoms with Crippen LogP contribution in [0.2, 0.25) is 5.02 Å². The van der Waals surface area contributed by atoms with Gasteiger partial charge in [0.15, 0.2) is 0 Å². The molecule has 64 valence electrons. The molecule has 0 saturated carbocycles. The lowest BCUT2D eigenvalue weighted by Crippen LogP contribution is -1.66. The van der Waals surface area contributed by atoms with Crippen LogP contribution in [0.25, 0.3) is 10.9 Å². The molecule has 2 rings (SSSR count). The Morgan fingerprint density at radius 3 is 3.00 bits per heavy atom. The van der Waals surface area contributed by atoms with E-state index in [1.165, 1.54) is 6.08 Å². The van der Waals surface area contributed by atoms with Crippen molar-refractivity contribution in [3.05, 3.63) is 29.3 Å². The van der Waals surface area contributed by atoms with Gasteiger partial charge in [-0.1, -0.05) is 17.7 Å². The van der Waals surface area contributed by atoms with Crippen LogP contribution >= 0.6 is 11.6 Å². The molecule has 0 aliphatic carbocycles. The lowest BCUT2D eigenvalue weighted by molar-refractivity contribution is 0.565. The smallest absolute Gasteiger partial charge is 0.242 e.